The number of hydrogen-bond acceptors (Lipinski definition) is 5. The molecule has 0 aliphatic heterocycles. The smallest absolute Gasteiger partial charge is 0.226 e. The van der Waals surface area contributed by atoms with E-state index in [1.54, 1.807) is 30.3 Å². The normalized spacial score (nSPS) is 15.9. The molecule has 1 aromatic rings. The monoisotopic (exact) mass is 307 g/mol. The highest BCUT2D eigenvalue weighted by Gasteiger charge is 2.32. The summed E-state index contributed by atoms with van der Waals surface area (Å²) in [5, 5.41) is 8.41. The van der Waals surface area contributed by atoms with Crippen LogP contribution < -0.4 is 4.72 Å². The molecule has 0 saturated heterocycles. The number of benzene rings is 1. The van der Waals surface area contributed by atoms with Crippen molar-refractivity contribution >= 4 is 19.9 Å². The van der Waals surface area contributed by atoms with Gasteiger partial charge in [0.25, 0.3) is 0 Å². The van der Waals surface area contributed by atoms with Crippen molar-refractivity contribution in [2.75, 3.05) is 17.9 Å². The van der Waals surface area contributed by atoms with Crippen molar-refractivity contribution in [3.05, 3.63) is 35.9 Å². The lowest BCUT2D eigenvalue weighted by Gasteiger charge is -2.28. The SMILES string of the molecule is CC(CO)(NS(=O)(=O)CS(C)(=O)=O)c1ccccc1. The minimum absolute atomic E-state index is 0.486. The summed E-state index contributed by atoms with van der Waals surface area (Å²) in [5.74, 6) is 0. The van der Waals surface area contributed by atoms with Gasteiger partial charge in [-0.2, -0.15) is 0 Å². The molecule has 0 saturated carbocycles. The molecule has 8 heteroatoms. The van der Waals surface area contributed by atoms with Crippen LogP contribution in [0.2, 0.25) is 0 Å². The number of nitrogens with one attached hydrogen (secondary N) is 1. The molecule has 108 valence electrons. The predicted molar refractivity (Wildman–Crippen MR) is 72.6 cm³/mol. The maximum Gasteiger partial charge on any atom is 0.226 e. The number of sulfonamides is 1. The summed E-state index contributed by atoms with van der Waals surface area (Å²) in [6.07, 6.45) is 0.838. The molecule has 0 heterocycles. The number of rotatable bonds is 6. The van der Waals surface area contributed by atoms with Crippen molar-refractivity contribution in [3.63, 3.8) is 0 Å². The van der Waals surface area contributed by atoms with Gasteiger partial charge >= 0.3 is 0 Å². The van der Waals surface area contributed by atoms with Gasteiger partial charge in [0.15, 0.2) is 14.9 Å². The molecule has 0 amide bonds. The van der Waals surface area contributed by atoms with Gasteiger partial charge in [0.05, 0.1) is 12.1 Å². The van der Waals surface area contributed by atoms with E-state index in [4.69, 9.17) is 0 Å². The summed E-state index contributed by atoms with van der Waals surface area (Å²) in [6.45, 7) is 1.00. The topological polar surface area (TPSA) is 101 Å². The zero-order chi connectivity index (χ0) is 14.7. The van der Waals surface area contributed by atoms with Crippen LogP contribution in [0.3, 0.4) is 0 Å². The van der Waals surface area contributed by atoms with E-state index in [1.807, 2.05) is 0 Å². The van der Waals surface area contributed by atoms with Crippen molar-refractivity contribution in [1.29, 1.82) is 0 Å². The summed E-state index contributed by atoms with van der Waals surface area (Å²) in [5.41, 5.74) is -0.709. The minimum atomic E-state index is -4.06. The van der Waals surface area contributed by atoms with E-state index in [0.717, 1.165) is 6.26 Å². The van der Waals surface area contributed by atoms with E-state index in [2.05, 4.69) is 4.72 Å². The summed E-state index contributed by atoms with van der Waals surface area (Å²) in [7, 11) is -7.73. The van der Waals surface area contributed by atoms with Crippen LogP contribution in [0.15, 0.2) is 30.3 Å². The standard InChI is InChI=1S/C11H17NO5S2/c1-11(8-13,10-6-4-3-5-7-10)12-19(16,17)9-18(2,14)15/h3-7,12-13H,8-9H2,1-2H3. The van der Waals surface area contributed by atoms with Crippen molar-refractivity contribution in [1.82, 2.24) is 4.72 Å². The molecule has 0 aromatic heterocycles. The first-order valence-electron chi connectivity index (χ1n) is 5.44. The highest BCUT2D eigenvalue weighted by Crippen LogP contribution is 2.21. The maximum atomic E-state index is 11.8. The summed E-state index contributed by atoms with van der Waals surface area (Å²) < 4.78 is 48.0. The summed E-state index contributed by atoms with van der Waals surface area (Å²) in [4.78, 5) is 0. The van der Waals surface area contributed by atoms with Crippen LogP contribution in [-0.2, 0) is 25.4 Å². The fraction of sp³-hybridized carbons (Fsp3) is 0.455. The van der Waals surface area contributed by atoms with E-state index in [-0.39, 0.29) is 0 Å². The van der Waals surface area contributed by atoms with Crippen LogP contribution in [-0.4, -0.2) is 39.9 Å². The third-order valence-corrected chi connectivity index (χ3v) is 6.19. The molecular weight excluding hydrogens is 290 g/mol. The lowest BCUT2D eigenvalue weighted by molar-refractivity contribution is 0.196. The average molecular weight is 307 g/mol. The van der Waals surface area contributed by atoms with E-state index in [9.17, 15) is 21.9 Å². The zero-order valence-corrected chi connectivity index (χ0v) is 12.3. The second kappa shape index (κ2) is 5.58. The van der Waals surface area contributed by atoms with Gasteiger partial charge in [0, 0.05) is 6.26 Å². The fourth-order valence-electron chi connectivity index (χ4n) is 1.64. The molecule has 0 spiro atoms. The Hall–Kier alpha value is -0.960. The molecule has 0 radical (unpaired) electrons. The van der Waals surface area contributed by atoms with Gasteiger partial charge in [-0.15, -0.1) is 0 Å². The molecule has 0 bridgehead atoms. The van der Waals surface area contributed by atoms with Gasteiger partial charge in [-0.05, 0) is 12.5 Å². The molecule has 0 aliphatic rings. The van der Waals surface area contributed by atoms with E-state index in [0.29, 0.717) is 5.56 Å². The van der Waals surface area contributed by atoms with Crippen LogP contribution in [0, 0.1) is 0 Å². The van der Waals surface area contributed by atoms with Gasteiger partial charge in [-0.1, -0.05) is 30.3 Å². The Morgan fingerprint density at radius 1 is 1.16 bits per heavy atom. The van der Waals surface area contributed by atoms with Gasteiger partial charge in [-0.3, -0.25) is 0 Å². The highest BCUT2D eigenvalue weighted by molar-refractivity contribution is 8.06. The Balaban J connectivity index is 3.07. The molecule has 19 heavy (non-hydrogen) atoms. The van der Waals surface area contributed by atoms with E-state index >= 15 is 0 Å². The Labute approximate surface area is 113 Å². The van der Waals surface area contributed by atoms with E-state index in [1.165, 1.54) is 6.92 Å². The van der Waals surface area contributed by atoms with Gasteiger partial charge in [-0.25, -0.2) is 21.6 Å². The lowest BCUT2D eigenvalue weighted by atomic mass is 9.94. The van der Waals surface area contributed by atoms with Crippen LogP contribution in [0.25, 0.3) is 0 Å². The molecule has 0 fully saturated rings. The van der Waals surface area contributed by atoms with Crippen molar-refractivity contribution in [2.24, 2.45) is 0 Å². The number of hydrogen-bond donors (Lipinski definition) is 2. The third-order valence-electron chi connectivity index (χ3n) is 2.48. The van der Waals surface area contributed by atoms with Gasteiger partial charge < -0.3 is 5.11 Å². The first kappa shape index (κ1) is 16.1. The second-order valence-electron chi connectivity index (χ2n) is 4.62. The van der Waals surface area contributed by atoms with Crippen molar-refractivity contribution in [3.8, 4) is 0 Å². The van der Waals surface area contributed by atoms with E-state index < -0.39 is 37.1 Å². The number of aliphatic hydroxyl groups is 1. The number of aliphatic hydroxyl groups excluding tert-OH is 1. The van der Waals surface area contributed by atoms with Crippen LogP contribution in [0.5, 0.6) is 0 Å². The molecular formula is C11H17NO5S2. The molecule has 1 unspecified atom stereocenters. The minimum Gasteiger partial charge on any atom is -0.394 e. The average Bonchev–Trinajstić information content (AvgIpc) is 2.26. The van der Waals surface area contributed by atoms with Crippen LogP contribution in [0.1, 0.15) is 12.5 Å². The maximum absolute atomic E-state index is 11.8. The lowest BCUT2D eigenvalue weighted by Crippen LogP contribution is -2.47. The molecule has 1 aromatic carbocycles. The Bertz CT molecular complexity index is 624. The number of sulfone groups is 1. The molecule has 1 rings (SSSR count). The highest BCUT2D eigenvalue weighted by atomic mass is 32.3. The molecule has 0 aliphatic carbocycles. The van der Waals surface area contributed by atoms with Crippen molar-refractivity contribution in [2.45, 2.75) is 12.5 Å². The Morgan fingerprint density at radius 2 is 1.68 bits per heavy atom. The molecule has 2 N–H and O–H groups in total. The van der Waals surface area contributed by atoms with Gasteiger partial charge in [0.1, 0.15) is 0 Å². The fourth-order valence-corrected chi connectivity index (χ4v) is 5.00. The Kier molecular flexibility index (Phi) is 4.72. The first-order chi connectivity index (χ1) is 8.58. The van der Waals surface area contributed by atoms with Gasteiger partial charge in [0.2, 0.25) is 10.0 Å². The Morgan fingerprint density at radius 3 is 2.11 bits per heavy atom. The second-order valence-corrected chi connectivity index (χ2v) is 8.84. The molecule has 6 nitrogen and oxygen atoms in total. The largest absolute Gasteiger partial charge is 0.394 e. The quantitative estimate of drug-likeness (QED) is 0.759. The summed E-state index contributed by atoms with van der Waals surface area (Å²) in [6, 6.07) is 8.47. The van der Waals surface area contributed by atoms with Crippen molar-refractivity contribution < 1.29 is 21.9 Å². The predicted octanol–water partition coefficient (Wildman–Crippen LogP) is -0.184. The molecule has 1 atom stereocenters. The zero-order valence-electron chi connectivity index (χ0n) is 10.7. The first-order valence-corrected chi connectivity index (χ1v) is 9.15. The van der Waals surface area contributed by atoms with Crippen LogP contribution >= 0.6 is 0 Å². The summed E-state index contributed by atoms with van der Waals surface area (Å²) >= 11 is 0. The van der Waals surface area contributed by atoms with Crippen LogP contribution in [0.4, 0.5) is 0 Å². The third kappa shape index (κ3) is 4.90.